The molecule has 1 amide bonds. The largest absolute Gasteiger partial charge is 0.489 e. The molecule has 0 atom stereocenters. The zero-order valence-corrected chi connectivity index (χ0v) is 20.8. The van der Waals surface area contributed by atoms with Gasteiger partial charge in [0.25, 0.3) is 5.91 Å². The molecule has 5 aromatic rings. The summed E-state index contributed by atoms with van der Waals surface area (Å²) in [5.41, 5.74) is 6.76. The molecule has 7 heteroatoms. The van der Waals surface area contributed by atoms with Gasteiger partial charge in [-0.1, -0.05) is 53.7 Å². The van der Waals surface area contributed by atoms with Crippen LogP contribution in [0.1, 0.15) is 38.5 Å². The van der Waals surface area contributed by atoms with Crippen molar-refractivity contribution in [3.63, 3.8) is 0 Å². The minimum absolute atomic E-state index is 0.137. The van der Waals surface area contributed by atoms with Crippen LogP contribution in [0.25, 0.3) is 11.1 Å². The van der Waals surface area contributed by atoms with Gasteiger partial charge < -0.3 is 14.6 Å². The molecular formula is C30H28N4O3. The fraction of sp³-hybridized carbons (Fsp3) is 0.167. The van der Waals surface area contributed by atoms with E-state index >= 15 is 0 Å². The molecule has 2 aromatic heterocycles. The molecule has 3 aromatic carbocycles. The van der Waals surface area contributed by atoms with E-state index in [0.29, 0.717) is 24.5 Å². The molecule has 0 unspecified atom stereocenters. The first-order valence-corrected chi connectivity index (χ1v) is 12.1. The van der Waals surface area contributed by atoms with Crippen LogP contribution in [0.3, 0.4) is 0 Å². The highest BCUT2D eigenvalue weighted by Gasteiger charge is 2.11. The summed E-state index contributed by atoms with van der Waals surface area (Å²) < 4.78 is 12.9. The molecule has 0 aliphatic carbocycles. The summed E-state index contributed by atoms with van der Waals surface area (Å²) in [7, 11) is 0. The third-order valence-electron chi connectivity index (χ3n) is 6.31. The quantitative estimate of drug-likeness (QED) is 0.285. The maximum Gasteiger partial charge on any atom is 0.251 e. The lowest BCUT2D eigenvalue weighted by Crippen LogP contribution is -2.23. The molecule has 0 bridgehead atoms. The minimum atomic E-state index is -0.137. The van der Waals surface area contributed by atoms with Crippen molar-refractivity contribution in [1.82, 2.24) is 20.3 Å². The highest BCUT2D eigenvalue weighted by Crippen LogP contribution is 2.25. The fourth-order valence-corrected chi connectivity index (χ4v) is 4.17. The Labute approximate surface area is 215 Å². The molecule has 37 heavy (non-hydrogen) atoms. The molecular weight excluding hydrogens is 464 g/mol. The summed E-state index contributed by atoms with van der Waals surface area (Å²) in [6.45, 7) is 5.28. The van der Waals surface area contributed by atoms with Crippen LogP contribution in [0.15, 0.2) is 95.8 Å². The summed E-state index contributed by atoms with van der Waals surface area (Å²) >= 11 is 0. The van der Waals surface area contributed by atoms with Crippen molar-refractivity contribution in [2.24, 2.45) is 0 Å². The Hall–Kier alpha value is -4.65. The molecule has 7 nitrogen and oxygen atoms in total. The average molecular weight is 493 g/mol. The van der Waals surface area contributed by atoms with Crippen molar-refractivity contribution < 1.29 is 14.1 Å². The number of carbonyl (C=O) groups is 1. The average Bonchev–Trinajstić information content (AvgIpc) is 3.56. The lowest BCUT2D eigenvalue weighted by Gasteiger charge is -2.12. The van der Waals surface area contributed by atoms with Gasteiger partial charge in [0.05, 0.1) is 17.8 Å². The number of aryl methyl sites for hydroxylation is 2. The van der Waals surface area contributed by atoms with Crippen LogP contribution in [-0.4, -0.2) is 20.8 Å². The van der Waals surface area contributed by atoms with E-state index in [1.807, 2.05) is 49.0 Å². The van der Waals surface area contributed by atoms with Crippen LogP contribution in [-0.2, 0) is 19.7 Å². The van der Waals surface area contributed by atoms with Crippen LogP contribution in [0, 0.1) is 13.8 Å². The topological polar surface area (TPSA) is 82.2 Å². The molecule has 186 valence electrons. The van der Waals surface area contributed by atoms with Crippen molar-refractivity contribution >= 4 is 5.91 Å². The van der Waals surface area contributed by atoms with E-state index in [9.17, 15) is 4.79 Å². The Bertz CT molecular complexity index is 1450. The summed E-state index contributed by atoms with van der Waals surface area (Å²) in [5, 5.41) is 11.3. The van der Waals surface area contributed by atoms with Crippen molar-refractivity contribution in [3.8, 4) is 16.9 Å². The number of hydrogen-bond acceptors (Lipinski definition) is 5. The molecule has 0 radical (unpaired) electrons. The monoisotopic (exact) mass is 492 g/mol. The molecule has 0 saturated carbocycles. The van der Waals surface area contributed by atoms with Crippen molar-refractivity contribution in [1.29, 1.82) is 0 Å². The second-order valence-electron chi connectivity index (χ2n) is 8.86. The van der Waals surface area contributed by atoms with Crippen LogP contribution in [0.5, 0.6) is 5.75 Å². The van der Waals surface area contributed by atoms with Crippen LogP contribution >= 0.6 is 0 Å². The van der Waals surface area contributed by atoms with Crippen LogP contribution in [0.4, 0.5) is 0 Å². The van der Waals surface area contributed by atoms with E-state index in [1.165, 1.54) is 5.56 Å². The number of amides is 1. The third kappa shape index (κ3) is 5.78. The van der Waals surface area contributed by atoms with Gasteiger partial charge in [0.1, 0.15) is 18.1 Å². The van der Waals surface area contributed by atoms with Gasteiger partial charge in [-0.25, -0.2) is 0 Å². The summed E-state index contributed by atoms with van der Waals surface area (Å²) in [6, 6.07) is 25.6. The molecule has 5 rings (SSSR count). The lowest BCUT2D eigenvalue weighted by atomic mass is 9.98. The van der Waals surface area contributed by atoms with Gasteiger partial charge in [0.15, 0.2) is 0 Å². The number of nitrogens with one attached hydrogen (secondary N) is 1. The van der Waals surface area contributed by atoms with Crippen molar-refractivity contribution in [3.05, 3.63) is 125 Å². The third-order valence-corrected chi connectivity index (χ3v) is 6.31. The fourth-order valence-electron chi connectivity index (χ4n) is 4.17. The smallest absolute Gasteiger partial charge is 0.251 e. The van der Waals surface area contributed by atoms with E-state index in [4.69, 9.17) is 9.26 Å². The number of aromatic nitrogens is 3. The Balaban J connectivity index is 1.20. The first-order valence-electron chi connectivity index (χ1n) is 12.1. The molecule has 0 saturated heterocycles. The SMILES string of the molecule is Cc1noc(C)c1COc1ccc(C(=O)NCc2ccccc2-c2ccc(Cn3cccn3)cc2)cc1. The number of rotatable bonds is 9. The summed E-state index contributed by atoms with van der Waals surface area (Å²) in [6.07, 6.45) is 3.73. The molecule has 0 fully saturated rings. The minimum Gasteiger partial charge on any atom is -0.489 e. The molecule has 2 heterocycles. The van der Waals surface area contributed by atoms with Crippen LogP contribution in [0.2, 0.25) is 0 Å². The van der Waals surface area contributed by atoms with Gasteiger partial charge in [0.2, 0.25) is 0 Å². The maximum absolute atomic E-state index is 12.8. The first-order chi connectivity index (χ1) is 18.1. The number of carbonyl (C=O) groups excluding carboxylic acids is 1. The van der Waals surface area contributed by atoms with Gasteiger partial charge in [0, 0.05) is 24.5 Å². The zero-order valence-electron chi connectivity index (χ0n) is 20.8. The highest BCUT2D eigenvalue weighted by molar-refractivity contribution is 5.94. The Morgan fingerprint density at radius 2 is 1.76 bits per heavy atom. The van der Waals surface area contributed by atoms with Gasteiger partial charge in [-0.15, -0.1) is 0 Å². The molecule has 0 aliphatic heterocycles. The molecule has 1 N–H and O–H groups in total. The Morgan fingerprint density at radius 1 is 0.973 bits per heavy atom. The second-order valence-corrected chi connectivity index (χ2v) is 8.86. The molecule has 0 spiro atoms. The lowest BCUT2D eigenvalue weighted by molar-refractivity contribution is 0.0951. The number of ether oxygens (including phenoxy) is 1. The van der Waals surface area contributed by atoms with E-state index in [-0.39, 0.29) is 5.91 Å². The summed E-state index contributed by atoms with van der Waals surface area (Å²) in [4.78, 5) is 12.8. The maximum atomic E-state index is 12.8. The summed E-state index contributed by atoms with van der Waals surface area (Å²) in [5.74, 6) is 1.29. The van der Waals surface area contributed by atoms with Gasteiger partial charge in [-0.05, 0) is 66.4 Å². The Kier molecular flexibility index (Phi) is 7.12. The Morgan fingerprint density at radius 3 is 2.46 bits per heavy atom. The van der Waals surface area contributed by atoms with Crippen molar-refractivity contribution in [2.75, 3.05) is 0 Å². The van der Waals surface area contributed by atoms with Gasteiger partial charge >= 0.3 is 0 Å². The van der Waals surface area contributed by atoms with E-state index < -0.39 is 0 Å². The van der Waals surface area contributed by atoms with E-state index in [0.717, 1.165) is 40.3 Å². The van der Waals surface area contributed by atoms with E-state index in [1.54, 1.807) is 30.5 Å². The van der Waals surface area contributed by atoms with Gasteiger partial charge in [-0.3, -0.25) is 9.48 Å². The number of benzene rings is 3. The predicted molar refractivity (Wildman–Crippen MR) is 141 cm³/mol. The van der Waals surface area contributed by atoms with Crippen molar-refractivity contribution in [2.45, 2.75) is 33.5 Å². The normalized spacial score (nSPS) is 10.9. The van der Waals surface area contributed by atoms with Crippen LogP contribution < -0.4 is 10.1 Å². The van der Waals surface area contributed by atoms with E-state index in [2.05, 4.69) is 45.9 Å². The predicted octanol–water partition coefficient (Wildman–Crippen LogP) is 5.71. The second kappa shape index (κ2) is 11.0. The standard InChI is InChI=1S/C30H28N4O3/c1-21-29(22(2)37-33-21)20-36-27-14-12-25(13-15-27)30(35)31-18-26-6-3-4-7-28(26)24-10-8-23(9-11-24)19-34-17-5-16-32-34/h3-17H,18-20H2,1-2H3,(H,31,35). The highest BCUT2D eigenvalue weighted by atomic mass is 16.5. The number of hydrogen-bond donors (Lipinski definition) is 1. The zero-order chi connectivity index (χ0) is 25.6. The number of nitrogens with zero attached hydrogens (tertiary/aromatic N) is 3. The van der Waals surface area contributed by atoms with Gasteiger partial charge in [-0.2, -0.15) is 5.10 Å². The molecule has 0 aliphatic rings. The first kappa shape index (κ1) is 24.1.